The first-order valence-corrected chi connectivity index (χ1v) is 12.3. The number of Topliss-reactive ketones (excluding diaryl/α,β-unsaturated/α-hetero) is 3. The minimum Gasteiger partial charge on any atom is -0.507 e. The fraction of sp³-hybridized carbons (Fsp3) is 0.600. The van der Waals surface area contributed by atoms with Gasteiger partial charge in [-0.3, -0.25) is 19.3 Å². The molecule has 0 radical (unpaired) electrons. The van der Waals surface area contributed by atoms with Gasteiger partial charge in [0.1, 0.15) is 23.7 Å². The van der Waals surface area contributed by atoms with Gasteiger partial charge in [0.05, 0.1) is 24.3 Å². The molecule has 10 heteroatoms. The highest BCUT2D eigenvalue weighted by Gasteiger charge is 2.29. The molecular formula is C25H32ClNO8. The number of carbonyl (C=O) groups is 4. The summed E-state index contributed by atoms with van der Waals surface area (Å²) in [6.45, 7) is 7.27. The number of fused-ring (bicyclic) bond motifs is 1. The van der Waals surface area contributed by atoms with Crippen LogP contribution >= 0.6 is 11.6 Å². The summed E-state index contributed by atoms with van der Waals surface area (Å²) >= 11 is 6.60. The van der Waals surface area contributed by atoms with E-state index in [9.17, 15) is 24.3 Å². The molecule has 9 nitrogen and oxygen atoms in total. The van der Waals surface area contributed by atoms with Crippen molar-refractivity contribution in [2.24, 2.45) is 5.92 Å². The topological polar surface area (TPSA) is 119 Å². The van der Waals surface area contributed by atoms with Crippen LogP contribution in [0.3, 0.4) is 0 Å². The quantitative estimate of drug-likeness (QED) is 0.482. The van der Waals surface area contributed by atoms with E-state index in [1.54, 1.807) is 13.8 Å². The molecule has 0 spiro atoms. The number of ketones is 3. The number of phenolic OH excluding ortho intramolecular Hbond substituents is 1. The van der Waals surface area contributed by atoms with Crippen LogP contribution in [0.1, 0.15) is 55.5 Å². The summed E-state index contributed by atoms with van der Waals surface area (Å²) in [5.41, 5.74) is 0.198. The number of halogens is 1. The van der Waals surface area contributed by atoms with Crippen molar-refractivity contribution in [2.75, 3.05) is 39.5 Å². The van der Waals surface area contributed by atoms with Gasteiger partial charge in [-0.1, -0.05) is 18.5 Å². The number of morpholine rings is 1. The van der Waals surface area contributed by atoms with Crippen molar-refractivity contribution in [3.8, 4) is 11.5 Å². The van der Waals surface area contributed by atoms with Gasteiger partial charge in [0, 0.05) is 38.5 Å². The molecule has 1 aromatic rings. The maximum Gasteiger partial charge on any atom is 0.342 e. The Morgan fingerprint density at radius 3 is 2.54 bits per heavy atom. The average molecular weight is 510 g/mol. The summed E-state index contributed by atoms with van der Waals surface area (Å²) in [5, 5.41) is 10.9. The van der Waals surface area contributed by atoms with Crippen molar-refractivity contribution >= 4 is 34.9 Å². The molecule has 192 valence electrons. The van der Waals surface area contributed by atoms with E-state index in [2.05, 4.69) is 4.90 Å². The Hall–Kier alpha value is -2.49. The van der Waals surface area contributed by atoms with Crippen molar-refractivity contribution in [2.45, 2.75) is 52.1 Å². The van der Waals surface area contributed by atoms with E-state index < -0.39 is 29.4 Å². The first-order chi connectivity index (χ1) is 16.7. The van der Waals surface area contributed by atoms with Gasteiger partial charge in [-0.05, 0) is 37.7 Å². The van der Waals surface area contributed by atoms with Crippen LogP contribution in [0, 0.1) is 5.92 Å². The van der Waals surface area contributed by atoms with E-state index in [0.29, 0.717) is 32.8 Å². The summed E-state index contributed by atoms with van der Waals surface area (Å²) in [4.78, 5) is 51.8. The Morgan fingerprint density at radius 1 is 1.11 bits per heavy atom. The molecule has 0 saturated carbocycles. The van der Waals surface area contributed by atoms with Crippen LogP contribution in [-0.2, 0) is 30.3 Å². The van der Waals surface area contributed by atoms with Gasteiger partial charge < -0.3 is 19.3 Å². The van der Waals surface area contributed by atoms with Gasteiger partial charge in [0.2, 0.25) is 11.6 Å². The van der Waals surface area contributed by atoms with E-state index in [1.165, 1.54) is 6.07 Å². The Kier molecular flexibility index (Phi) is 9.65. The normalized spacial score (nSPS) is 23.4. The Morgan fingerprint density at radius 2 is 1.83 bits per heavy atom. The number of phenols is 1. The lowest BCUT2D eigenvalue weighted by Gasteiger charge is -2.26. The summed E-state index contributed by atoms with van der Waals surface area (Å²) in [6.07, 6.45) is -0.288. The van der Waals surface area contributed by atoms with Gasteiger partial charge in [-0.2, -0.15) is 0 Å². The fourth-order valence-corrected chi connectivity index (χ4v) is 4.69. The van der Waals surface area contributed by atoms with Crippen molar-refractivity contribution in [1.82, 2.24) is 4.90 Å². The molecule has 0 aliphatic carbocycles. The van der Waals surface area contributed by atoms with Crippen molar-refractivity contribution < 1.29 is 38.5 Å². The molecule has 0 bridgehead atoms. The predicted octanol–water partition coefficient (Wildman–Crippen LogP) is 2.76. The lowest BCUT2D eigenvalue weighted by Crippen LogP contribution is -2.38. The van der Waals surface area contributed by atoms with Crippen molar-refractivity contribution in [3.63, 3.8) is 0 Å². The van der Waals surface area contributed by atoms with E-state index in [4.69, 9.17) is 25.8 Å². The number of hydrogen-bond donors (Lipinski definition) is 1. The Labute approximate surface area is 209 Å². The van der Waals surface area contributed by atoms with Crippen LogP contribution < -0.4 is 4.74 Å². The molecule has 1 unspecified atom stereocenters. The molecule has 1 fully saturated rings. The highest BCUT2D eigenvalue weighted by molar-refractivity contribution is 6.63. The SMILES string of the molecule is CC1CC(=O)C(=O)C(=O)CCCc2c(Cl)c(OCCN3CCOCC3)cc(O)c2C(=O)O[C@@H](C)C1. The maximum absolute atomic E-state index is 13.0. The molecule has 2 heterocycles. The molecule has 3 rings (SSSR count). The van der Waals surface area contributed by atoms with Crippen LogP contribution in [0.15, 0.2) is 6.07 Å². The number of aromatic hydroxyl groups is 1. The van der Waals surface area contributed by atoms with Gasteiger partial charge in [0.25, 0.3) is 5.78 Å². The van der Waals surface area contributed by atoms with E-state index in [1.807, 2.05) is 0 Å². The second-order valence-electron chi connectivity index (χ2n) is 9.15. The average Bonchev–Trinajstić information content (AvgIpc) is 2.80. The van der Waals surface area contributed by atoms with Crippen LogP contribution in [0.25, 0.3) is 0 Å². The number of cyclic esters (lactones) is 1. The number of benzene rings is 1. The van der Waals surface area contributed by atoms with Crippen LogP contribution in [0.5, 0.6) is 11.5 Å². The minimum absolute atomic E-state index is 0.0815. The largest absolute Gasteiger partial charge is 0.507 e. The zero-order chi connectivity index (χ0) is 25.5. The first-order valence-electron chi connectivity index (χ1n) is 12.0. The van der Waals surface area contributed by atoms with E-state index in [-0.39, 0.29) is 59.2 Å². The Balaban J connectivity index is 1.84. The summed E-state index contributed by atoms with van der Waals surface area (Å²) in [5.74, 6) is -3.65. The minimum atomic E-state index is -1.01. The van der Waals surface area contributed by atoms with Gasteiger partial charge in [0.15, 0.2) is 0 Å². The zero-order valence-electron chi connectivity index (χ0n) is 20.1. The van der Waals surface area contributed by atoms with E-state index in [0.717, 1.165) is 13.1 Å². The van der Waals surface area contributed by atoms with Gasteiger partial charge in [-0.15, -0.1) is 0 Å². The highest BCUT2D eigenvalue weighted by Crippen LogP contribution is 2.38. The standard InChI is InChI=1S/C25H32ClNO8/c1-15-12-16(2)35-25(32)22-17(4-3-5-18(28)24(31)20(30)13-15)23(26)21(14-19(22)29)34-11-8-27-6-9-33-10-7-27/h14-16,29H,3-13H2,1-2H3/t15?,16-/m0/s1. The summed E-state index contributed by atoms with van der Waals surface area (Å²) in [6, 6.07) is 1.30. The molecule has 2 aliphatic heterocycles. The maximum atomic E-state index is 13.0. The molecule has 1 aromatic carbocycles. The fourth-order valence-electron chi connectivity index (χ4n) is 4.39. The number of nitrogens with zero attached hydrogens (tertiary/aromatic N) is 1. The number of esters is 1. The van der Waals surface area contributed by atoms with Crippen molar-refractivity contribution in [3.05, 3.63) is 22.2 Å². The second-order valence-corrected chi connectivity index (χ2v) is 9.53. The molecular weight excluding hydrogens is 478 g/mol. The number of carbonyl (C=O) groups excluding carboxylic acids is 4. The van der Waals surface area contributed by atoms with Crippen molar-refractivity contribution in [1.29, 1.82) is 0 Å². The third kappa shape index (κ3) is 7.25. The number of hydrogen-bond acceptors (Lipinski definition) is 9. The molecule has 1 N–H and O–H groups in total. The van der Waals surface area contributed by atoms with Crippen LogP contribution in [0.4, 0.5) is 0 Å². The third-order valence-corrected chi connectivity index (χ3v) is 6.61. The van der Waals surface area contributed by atoms with Crippen LogP contribution in [0.2, 0.25) is 5.02 Å². The van der Waals surface area contributed by atoms with E-state index >= 15 is 0 Å². The smallest absolute Gasteiger partial charge is 0.342 e. The lowest BCUT2D eigenvalue weighted by atomic mass is 9.93. The number of rotatable bonds is 4. The molecule has 35 heavy (non-hydrogen) atoms. The molecule has 0 amide bonds. The van der Waals surface area contributed by atoms with Gasteiger partial charge in [-0.25, -0.2) is 4.79 Å². The first kappa shape index (κ1) is 27.1. The molecule has 1 saturated heterocycles. The highest BCUT2D eigenvalue weighted by atomic mass is 35.5. The monoisotopic (exact) mass is 509 g/mol. The second kappa shape index (κ2) is 12.5. The Bertz CT molecular complexity index is 973. The zero-order valence-corrected chi connectivity index (χ0v) is 20.9. The van der Waals surface area contributed by atoms with Crippen LogP contribution in [-0.4, -0.2) is 78.9 Å². The molecule has 0 aromatic heterocycles. The summed E-state index contributed by atoms with van der Waals surface area (Å²) in [7, 11) is 0. The van der Waals surface area contributed by atoms with Gasteiger partial charge >= 0.3 is 5.97 Å². The molecule has 2 aliphatic rings. The predicted molar refractivity (Wildman–Crippen MR) is 127 cm³/mol. The third-order valence-electron chi connectivity index (χ3n) is 6.19. The summed E-state index contributed by atoms with van der Waals surface area (Å²) < 4.78 is 16.7. The molecule has 2 atom stereocenters. The number of ether oxygens (including phenoxy) is 3. The lowest BCUT2D eigenvalue weighted by molar-refractivity contribution is -0.144.